The summed E-state index contributed by atoms with van der Waals surface area (Å²) in [6, 6.07) is 12.1. The number of halogens is 2. The number of anilines is 2. The van der Waals surface area contributed by atoms with E-state index in [9.17, 15) is 9.59 Å². The van der Waals surface area contributed by atoms with Crippen LogP contribution >= 0.6 is 23.2 Å². The highest BCUT2D eigenvalue weighted by molar-refractivity contribution is 6.35. The average molecular weight is 512 g/mol. The number of para-hydroxylation sites is 1. The molecule has 1 unspecified atom stereocenters. The lowest BCUT2D eigenvalue weighted by atomic mass is 9.99. The number of hydrogen-bond donors (Lipinski definition) is 2. The summed E-state index contributed by atoms with van der Waals surface area (Å²) in [5.41, 5.74) is 2.27. The van der Waals surface area contributed by atoms with Crippen LogP contribution in [0.3, 0.4) is 0 Å². The van der Waals surface area contributed by atoms with Crippen molar-refractivity contribution in [2.75, 3.05) is 23.3 Å². The lowest BCUT2D eigenvalue weighted by Crippen LogP contribution is -2.57. The first kappa shape index (κ1) is 23.8. The molecule has 2 aliphatic rings. The number of nitrogens with zero attached hydrogens (tertiary/aromatic N) is 3. The molecule has 2 N–H and O–H groups in total. The number of benzene rings is 2. The molecule has 1 aromatic heterocycles. The Balaban J connectivity index is 1.43. The second-order valence-corrected chi connectivity index (χ2v) is 10.1. The van der Waals surface area contributed by atoms with Crippen LogP contribution in [0.4, 0.5) is 11.6 Å². The van der Waals surface area contributed by atoms with E-state index in [1.807, 2.05) is 23.1 Å². The number of nitrogens with one attached hydrogen (secondary N) is 2. The average Bonchev–Trinajstić information content (AvgIpc) is 3.36. The molecule has 0 radical (unpaired) electrons. The van der Waals surface area contributed by atoms with Gasteiger partial charge in [-0.25, -0.2) is 9.97 Å². The van der Waals surface area contributed by atoms with Gasteiger partial charge in [0.1, 0.15) is 6.04 Å². The lowest BCUT2D eigenvalue weighted by Gasteiger charge is -2.35. The Bertz CT molecular complexity index is 1260. The zero-order chi connectivity index (χ0) is 24.4. The molecule has 1 aliphatic carbocycles. The molecule has 0 bridgehead atoms. The van der Waals surface area contributed by atoms with E-state index >= 15 is 0 Å². The van der Waals surface area contributed by atoms with Crippen LogP contribution < -0.4 is 15.5 Å². The van der Waals surface area contributed by atoms with E-state index in [0.717, 1.165) is 23.0 Å². The normalized spacial score (nSPS) is 18.6. The van der Waals surface area contributed by atoms with Gasteiger partial charge < -0.3 is 15.5 Å². The summed E-state index contributed by atoms with van der Waals surface area (Å²) in [6.45, 7) is 0.980. The van der Waals surface area contributed by atoms with Crippen LogP contribution in [0, 0.1) is 5.92 Å². The number of aromatic nitrogens is 2. The maximum absolute atomic E-state index is 12.9. The van der Waals surface area contributed by atoms with E-state index in [4.69, 9.17) is 33.2 Å². The maximum Gasteiger partial charge on any atom is 0.243 e. The summed E-state index contributed by atoms with van der Waals surface area (Å²) < 4.78 is 0. The highest BCUT2D eigenvalue weighted by atomic mass is 35.5. The summed E-state index contributed by atoms with van der Waals surface area (Å²) in [5, 5.41) is 7.53. The first-order chi connectivity index (χ1) is 17.0. The van der Waals surface area contributed by atoms with E-state index < -0.39 is 6.04 Å². The Morgan fingerprint density at radius 2 is 1.91 bits per heavy atom. The topological polar surface area (TPSA) is 87.2 Å². The van der Waals surface area contributed by atoms with E-state index in [0.29, 0.717) is 40.7 Å². The molecule has 1 saturated heterocycles. The number of piperazine rings is 1. The zero-order valence-corrected chi connectivity index (χ0v) is 20.8. The van der Waals surface area contributed by atoms with E-state index in [2.05, 4.69) is 16.7 Å². The van der Waals surface area contributed by atoms with Crippen LogP contribution in [-0.2, 0) is 16.0 Å². The number of carbonyl (C=O) groups is 2. The van der Waals surface area contributed by atoms with Crippen molar-refractivity contribution < 1.29 is 9.59 Å². The molecule has 9 heteroatoms. The van der Waals surface area contributed by atoms with Crippen molar-refractivity contribution in [3.63, 3.8) is 0 Å². The van der Waals surface area contributed by atoms with Crippen LogP contribution in [-0.4, -0.2) is 40.9 Å². The quantitative estimate of drug-likeness (QED) is 0.485. The van der Waals surface area contributed by atoms with Crippen LogP contribution in [0.15, 0.2) is 42.5 Å². The number of carbonyl (C=O) groups excluding carboxylic acids is 2. The molecule has 35 heavy (non-hydrogen) atoms. The van der Waals surface area contributed by atoms with Gasteiger partial charge >= 0.3 is 0 Å². The fourth-order valence-corrected chi connectivity index (χ4v) is 5.36. The molecule has 2 fully saturated rings. The third kappa shape index (κ3) is 5.36. The molecule has 5 rings (SSSR count). The lowest BCUT2D eigenvalue weighted by molar-refractivity contribution is -0.126. The first-order valence-corrected chi connectivity index (χ1v) is 12.8. The molecule has 1 aliphatic heterocycles. The number of fused-ring (bicyclic) bond motifs is 1. The zero-order valence-electron chi connectivity index (χ0n) is 19.3. The number of rotatable bonds is 6. The molecule has 2 amide bonds. The molecule has 0 spiro atoms. The summed E-state index contributed by atoms with van der Waals surface area (Å²) in [5.74, 6) is 0.547. The predicted molar refractivity (Wildman–Crippen MR) is 139 cm³/mol. The first-order valence-electron chi connectivity index (χ1n) is 12.0. The SMILES string of the molecule is O=C(CC1C(=O)NCCN1c1nc(CC2CCCC2)c2ccccc2n1)Nc1cc(Cl)ccc1Cl. The smallest absolute Gasteiger partial charge is 0.243 e. The van der Waals surface area contributed by atoms with Gasteiger partial charge in [0.15, 0.2) is 0 Å². The monoisotopic (exact) mass is 511 g/mol. The fraction of sp³-hybridized carbons (Fsp3) is 0.385. The van der Waals surface area contributed by atoms with Crippen molar-refractivity contribution >= 4 is 57.6 Å². The second kappa shape index (κ2) is 10.4. The van der Waals surface area contributed by atoms with Crippen LogP contribution in [0.1, 0.15) is 37.8 Å². The summed E-state index contributed by atoms with van der Waals surface area (Å²) in [6.07, 6.45) is 5.79. The minimum atomic E-state index is -0.734. The van der Waals surface area contributed by atoms with Crippen molar-refractivity contribution in [1.29, 1.82) is 0 Å². The van der Waals surface area contributed by atoms with Crippen molar-refractivity contribution in [1.82, 2.24) is 15.3 Å². The molecule has 7 nitrogen and oxygen atoms in total. The Hall–Kier alpha value is -2.90. The highest BCUT2D eigenvalue weighted by Crippen LogP contribution is 2.31. The molecule has 3 aromatic rings. The molecule has 1 saturated carbocycles. The minimum Gasteiger partial charge on any atom is -0.353 e. The Morgan fingerprint density at radius 1 is 1.11 bits per heavy atom. The Kier molecular flexibility index (Phi) is 7.07. The largest absolute Gasteiger partial charge is 0.353 e. The van der Waals surface area contributed by atoms with Gasteiger partial charge in [0.25, 0.3) is 0 Å². The highest BCUT2D eigenvalue weighted by Gasteiger charge is 2.34. The molecule has 2 heterocycles. The summed E-state index contributed by atoms with van der Waals surface area (Å²) in [4.78, 5) is 37.4. The van der Waals surface area contributed by atoms with Crippen LogP contribution in [0.25, 0.3) is 10.9 Å². The van der Waals surface area contributed by atoms with Crippen molar-refractivity contribution in [3.05, 3.63) is 58.2 Å². The van der Waals surface area contributed by atoms with Crippen LogP contribution in [0.2, 0.25) is 10.0 Å². The van der Waals surface area contributed by atoms with Crippen molar-refractivity contribution in [2.45, 2.75) is 44.6 Å². The summed E-state index contributed by atoms with van der Waals surface area (Å²) in [7, 11) is 0. The summed E-state index contributed by atoms with van der Waals surface area (Å²) >= 11 is 12.2. The number of hydrogen-bond acceptors (Lipinski definition) is 5. The van der Waals surface area contributed by atoms with E-state index in [1.165, 1.54) is 25.7 Å². The molecular weight excluding hydrogens is 485 g/mol. The van der Waals surface area contributed by atoms with Gasteiger partial charge in [0, 0.05) is 23.5 Å². The van der Waals surface area contributed by atoms with E-state index in [-0.39, 0.29) is 18.2 Å². The Labute approximate surface area is 214 Å². The standard InChI is InChI=1S/C26H27Cl2N5O2/c27-17-9-10-19(28)22(14-17)30-24(34)15-23-25(35)29-11-12-33(23)26-31-20-8-4-3-7-18(20)21(32-26)13-16-5-1-2-6-16/h3-4,7-10,14,16,23H,1-2,5-6,11-13,15H2,(H,29,35)(H,30,34). The third-order valence-electron chi connectivity index (χ3n) is 6.80. The van der Waals surface area contributed by atoms with Crippen molar-refractivity contribution in [3.8, 4) is 0 Å². The van der Waals surface area contributed by atoms with Crippen molar-refractivity contribution in [2.24, 2.45) is 5.92 Å². The minimum absolute atomic E-state index is 0.0666. The van der Waals surface area contributed by atoms with Gasteiger partial charge in [-0.1, -0.05) is 67.1 Å². The van der Waals surface area contributed by atoms with Gasteiger partial charge in [-0.05, 0) is 36.6 Å². The fourth-order valence-electron chi connectivity index (χ4n) is 5.03. The van der Waals surface area contributed by atoms with Gasteiger partial charge in [0.05, 0.1) is 28.3 Å². The van der Waals surface area contributed by atoms with Gasteiger partial charge in [-0.2, -0.15) is 0 Å². The van der Waals surface area contributed by atoms with Gasteiger partial charge in [0.2, 0.25) is 17.8 Å². The molecular formula is C26H27Cl2N5O2. The maximum atomic E-state index is 12.9. The number of amides is 2. The third-order valence-corrected chi connectivity index (χ3v) is 7.36. The predicted octanol–water partition coefficient (Wildman–Crippen LogP) is 5.00. The van der Waals surface area contributed by atoms with Gasteiger partial charge in [-0.3, -0.25) is 9.59 Å². The Morgan fingerprint density at radius 3 is 2.74 bits per heavy atom. The molecule has 2 aromatic carbocycles. The second-order valence-electron chi connectivity index (χ2n) is 9.22. The molecule has 182 valence electrons. The van der Waals surface area contributed by atoms with Crippen LogP contribution in [0.5, 0.6) is 0 Å². The van der Waals surface area contributed by atoms with E-state index in [1.54, 1.807) is 18.2 Å². The molecule has 1 atom stereocenters. The van der Waals surface area contributed by atoms with Gasteiger partial charge in [-0.15, -0.1) is 0 Å².